The molecule has 0 radical (unpaired) electrons. The van der Waals surface area contributed by atoms with E-state index in [0.717, 1.165) is 12.8 Å². The van der Waals surface area contributed by atoms with Gasteiger partial charge in [-0.25, -0.2) is 4.79 Å². The average Bonchev–Trinajstić information content (AvgIpc) is 2.84. The van der Waals surface area contributed by atoms with Gasteiger partial charge in [-0.3, -0.25) is 4.79 Å². The Morgan fingerprint density at radius 3 is 1.79 bits per heavy atom. The largest absolute Gasteiger partial charge is 0.490 e. The summed E-state index contributed by atoms with van der Waals surface area (Å²) in [5.74, 6) is -2.17. The van der Waals surface area contributed by atoms with Crippen molar-refractivity contribution in [1.82, 2.24) is 0 Å². The molecule has 0 aromatic rings. The molecule has 1 fully saturated rings. The van der Waals surface area contributed by atoms with Crippen molar-refractivity contribution in [3.63, 3.8) is 0 Å². The second-order valence-corrected chi connectivity index (χ2v) is 2.75. The summed E-state index contributed by atoms with van der Waals surface area (Å²) in [5, 5.41) is 7.12. The van der Waals surface area contributed by atoms with Crippen LogP contribution in [0.5, 0.6) is 0 Å². The lowest BCUT2D eigenvalue weighted by Gasteiger charge is -1.93. The van der Waals surface area contributed by atoms with Crippen LogP contribution in [0.1, 0.15) is 12.8 Å². The Balaban J connectivity index is 0.000000241. The summed E-state index contributed by atoms with van der Waals surface area (Å²) in [6.07, 6.45) is -2.92. The Morgan fingerprint density at radius 1 is 1.36 bits per heavy atom. The zero-order valence-corrected chi connectivity index (χ0v) is 7.17. The Bertz CT molecular complexity index is 221. The van der Waals surface area contributed by atoms with Crippen molar-refractivity contribution in [2.75, 3.05) is 6.54 Å². The van der Waals surface area contributed by atoms with E-state index < -0.39 is 12.1 Å². The molecule has 0 bridgehead atoms. The Kier molecular flexibility index (Phi) is 4.55. The summed E-state index contributed by atoms with van der Waals surface area (Å²) in [7, 11) is 0. The highest BCUT2D eigenvalue weighted by Gasteiger charge is 2.38. The van der Waals surface area contributed by atoms with E-state index >= 15 is 0 Å². The number of carbonyl (C=O) groups excluding carboxylic acids is 1. The highest BCUT2D eigenvalue weighted by Crippen LogP contribution is 2.28. The number of rotatable bonds is 2. The zero-order valence-electron chi connectivity index (χ0n) is 7.17. The van der Waals surface area contributed by atoms with Gasteiger partial charge in [-0.2, -0.15) is 13.2 Å². The Hall–Kier alpha value is -1.11. The molecule has 0 atom stereocenters. The molecule has 0 heterocycles. The van der Waals surface area contributed by atoms with Crippen LogP contribution in [0.25, 0.3) is 0 Å². The van der Waals surface area contributed by atoms with E-state index in [0.29, 0.717) is 5.92 Å². The second kappa shape index (κ2) is 4.94. The number of hydrogen-bond donors (Lipinski definition) is 2. The molecule has 0 aliphatic heterocycles. The summed E-state index contributed by atoms with van der Waals surface area (Å²) in [5.41, 5.74) is 5.06. The molecule has 82 valence electrons. The molecule has 7 heteroatoms. The van der Waals surface area contributed by atoms with Crippen LogP contribution in [0.15, 0.2) is 0 Å². The monoisotopic (exact) mass is 213 g/mol. The lowest BCUT2D eigenvalue weighted by atomic mass is 10.3. The van der Waals surface area contributed by atoms with Crippen molar-refractivity contribution in [3.05, 3.63) is 0 Å². The third-order valence-corrected chi connectivity index (χ3v) is 1.48. The first kappa shape index (κ1) is 12.9. The van der Waals surface area contributed by atoms with Crippen LogP contribution in [0.2, 0.25) is 0 Å². The summed E-state index contributed by atoms with van der Waals surface area (Å²) in [6, 6.07) is 0. The van der Waals surface area contributed by atoms with Gasteiger partial charge in [0, 0.05) is 5.92 Å². The number of carboxylic acid groups (broad SMARTS) is 1. The van der Waals surface area contributed by atoms with Crippen molar-refractivity contribution >= 4 is 11.8 Å². The molecule has 0 unspecified atom stereocenters. The second-order valence-electron chi connectivity index (χ2n) is 2.75. The number of carbonyl (C=O) groups is 2. The van der Waals surface area contributed by atoms with Gasteiger partial charge in [0.2, 0.25) is 0 Å². The Labute approximate surface area is 77.9 Å². The molecule has 14 heavy (non-hydrogen) atoms. The quantitative estimate of drug-likeness (QED) is 0.702. The number of aliphatic carboxylic acids is 1. The molecule has 1 rings (SSSR count). The molecule has 1 aliphatic carbocycles. The van der Waals surface area contributed by atoms with E-state index in [1.807, 2.05) is 0 Å². The fourth-order valence-electron chi connectivity index (χ4n) is 0.572. The predicted octanol–water partition coefficient (Wildman–Crippen LogP) is 0.557. The van der Waals surface area contributed by atoms with Gasteiger partial charge in [0.15, 0.2) is 0 Å². The van der Waals surface area contributed by atoms with E-state index in [9.17, 15) is 18.0 Å². The topological polar surface area (TPSA) is 80.4 Å². The molecular weight excluding hydrogens is 203 g/mol. The minimum absolute atomic E-state index is 0.236. The van der Waals surface area contributed by atoms with Crippen molar-refractivity contribution in [2.24, 2.45) is 11.7 Å². The van der Waals surface area contributed by atoms with Gasteiger partial charge in [-0.05, 0) is 12.8 Å². The van der Waals surface area contributed by atoms with Crippen LogP contribution >= 0.6 is 0 Å². The molecule has 0 aromatic carbocycles. The molecule has 1 saturated carbocycles. The first-order valence-corrected chi connectivity index (χ1v) is 3.82. The van der Waals surface area contributed by atoms with Gasteiger partial charge in [0.05, 0.1) is 6.54 Å². The average molecular weight is 213 g/mol. The summed E-state index contributed by atoms with van der Waals surface area (Å²) >= 11 is 0. The summed E-state index contributed by atoms with van der Waals surface area (Å²) in [4.78, 5) is 19.3. The first-order chi connectivity index (χ1) is 6.29. The van der Waals surface area contributed by atoms with Crippen molar-refractivity contribution in [3.8, 4) is 0 Å². The van der Waals surface area contributed by atoms with Gasteiger partial charge in [0.25, 0.3) is 0 Å². The highest BCUT2D eigenvalue weighted by atomic mass is 19.4. The van der Waals surface area contributed by atoms with Crippen LogP contribution in [0, 0.1) is 5.92 Å². The third kappa shape index (κ3) is 5.52. The fourth-order valence-corrected chi connectivity index (χ4v) is 0.572. The summed E-state index contributed by atoms with van der Waals surface area (Å²) in [6.45, 7) is 0.241. The minimum Gasteiger partial charge on any atom is -0.475 e. The molecule has 0 saturated heterocycles. The summed E-state index contributed by atoms with van der Waals surface area (Å²) < 4.78 is 31.7. The molecular formula is C7H10F3NO3. The van der Waals surface area contributed by atoms with Gasteiger partial charge >= 0.3 is 12.1 Å². The number of Topliss-reactive ketones (excluding diaryl/α,β-unsaturated/α-hetero) is 1. The zero-order chi connectivity index (χ0) is 11.4. The van der Waals surface area contributed by atoms with E-state index in [-0.39, 0.29) is 12.3 Å². The number of halogens is 3. The van der Waals surface area contributed by atoms with E-state index in [2.05, 4.69) is 0 Å². The predicted molar refractivity (Wildman–Crippen MR) is 40.5 cm³/mol. The van der Waals surface area contributed by atoms with Crippen molar-refractivity contribution in [1.29, 1.82) is 0 Å². The SMILES string of the molecule is NCC(=O)C1CC1.O=C(O)C(F)(F)F. The molecule has 0 aromatic heterocycles. The number of carboxylic acids is 1. The van der Waals surface area contributed by atoms with E-state index in [4.69, 9.17) is 15.6 Å². The van der Waals surface area contributed by atoms with Crippen LogP contribution < -0.4 is 5.73 Å². The lowest BCUT2D eigenvalue weighted by Crippen LogP contribution is -2.21. The van der Waals surface area contributed by atoms with Gasteiger partial charge in [-0.1, -0.05) is 0 Å². The molecule has 4 nitrogen and oxygen atoms in total. The first-order valence-electron chi connectivity index (χ1n) is 3.82. The van der Waals surface area contributed by atoms with Crippen LogP contribution in [0.4, 0.5) is 13.2 Å². The number of hydrogen-bond acceptors (Lipinski definition) is 3. The normalized spacial score (nSPS) is 15.4. The van der Waals surface area contributed by atoms with Gasteiger partial charge < -0.3 is 10.8 Å². The maximum atomic E-state index is 10.6. The smallest absolute Gasteiger partial charge is 0.475 e. The van der Waals surface area contributed by atoms with Crippen LogP contribution in [0.3, 0.4) is 0 Å². The maximum absolute atomic E-state index is 10.6. The number of ketones is 1. The number of alkyl halides is 3. The molecule has 1 aliphatic rings. The maximum Gasteiger partial charge on any atom is 0.490 e. The molecule has 0 amide bonds. The molecule has 3 N–H and O–H groups in total. The fraction of sp³-hybridized carbons (Fsp3) is 0.714. The van der Waals surface area contributed by atoms with Gasteiger partial charge in [-0.15, -0.1) is 0 Å². The minimum atomic E-state index is -5.08. The van der Waals surface area contributed by atoms with E-state index in [1.54, 1.807) is 0 Å². The van der Waals surface area contributed by atoms with Crippen LogP contribution in [-0.2, 0) is 9.59 Å². The number of nitrogens with two attached hydrogens (primary N) is 1. The van der Waals surface area contributed by atoms with Gasteiger partial charge in [0.1, 0.15) is 5.78 Å². The van der Waals surface area contributed by atoms with E-state index in [1.165, 1.54) is 0 Å². The van der Waals surface area contributed by atoms with Crippen molar-refractivity contribution < 1.29 is 27.9 Å². The molecule has 0 spiro atoms. The standard InChI is InChI=1S/C5H9NO.C2HF3O2/c6-3-5(7)4-1-2-4;3-2(4,5)1(6)7/h4H,1-3,6H2;(H,6,7). The lowest BCUT2D eigenvalue weighted by molar-refractivity contribution is -0.192. The third-order valence-electron chi connectivity index (χ3n) is 1.48. The highest BCUT2D eigenvalue weighted by molar-refractivity contribution is 5.84. The van der Waals surface area contributed by atoms with Crippen LogP contribution in [-0.4, -0.2) is 29.6 Å². The Morgan fingerprint density at radius 2 is 1.71 bits per heavy atom. The van der Waals surface area contributed by atoms with Crippen molar-refractivity contribution in [2.45, 2.75) is 19.0 Å².